The second-order valence-electron chi connectivity index (χ2n) is 7.30. The minimum atomic E-state index is 0. The van der Waals surface area contributed by atoms with Gasteiger partial charge in [0.1, 0.15) is 0 Å². The first-order valence-corrected chi connectivity index (χ1v) is 8.16. The standard InChI is InChI=1S/C18H28N2.ClH/c1-15(2)11-16-3-5-17(6-4-16)12-20-10-8-18(14-20)7-9-19-13-18;/h3-6,15,19H,7-14H2,1-2H3;1H. The van der Waals surface area contributed by atoms with E-state index in [1.807, 2.05) is 0 Å². The molecular weight excluding hydrogens is 280 g/mol. The summed E-state index contributed by atoms with van der Waals surface area (Å²) in [6.45, 7) is 10.7. The molecule has 1 aromatic rings. The minimum Gasteiger partial charge on any atom is -0.316 e. The summed E-state index contributed by atoms with van der Waals surface area (Å²) in [5.41, 5.74) is 3.54. The lowest BCUT2D eigenvalue weighted by Crippen LogP contribution is -2.28. The maximum atomic E-state index is 3.54. The Bertz CT molecular complexity index is 435. The predicted molar refractivity (Wildman–Crippen MR) is 92.0 cm³/mol. The monoisotopic (exact) mass is 308 g/mol. The highest BCUT2D eigenvalue weighted by atomic mass is 35.5. The molecule has 2 aliphatic heterocycles. The molecule has 0 bridgehead atoms. The quantitative estimate of drug-likeness (QED) is 0.916. The highest BCUT2D eigenvalue weighted by Gasteiger charge is 2.39. The molecule has 1 N–H and O–H groups in total. The number of hydrogen-bond acceptors (Lipinski definition) is 2. The van der Waals surface area contributed by atoms with Gasteiger partial charge in [0.25, 0.3) is 0 Å². The highest BCUT2D eigenvalue weighted by Crippen LogP contribution is 2.36. The summed E-state index contributed by atoms with van der Waals surface area (Å²) in [5, 5.41) is 3.54. The average molecular weight is 309 g/mol. The van der Waals surface area contributed by atoms with Gasteiger partial charge in [-0.2, -0.15) is 0 Å². The van der Waals surface area contributed by atoms with E-state index in [9.17, 15) is 0 Å². The molecule has 0 aromatic heterocycles. The molecule has 3 heteroatoms. The molecule has 3 rings (SSSR count). The fourth-order valence-corrected chi connectivity index (χ4v) is 3.82. The van der Waals surface area contributed by atoms with Crippen molar-refractivity contribution in [1.82, 2.24) is 10.2 Å². The van der Waals surface area contributed by atoms with E-state index >= 15 is 0 Å². The van der Waals surface area contributed by atoms with Crippen molar-refractivity contribution >= 4 is 12.4 Å². The lowest BCUT2D eigenvalue weighted by Gasteiger charge is -2.23. The van der Waals surface area contributed by atoms with Crippen molar-refractivity contribution in [2.75, 3.05) is 26.2 Å². The average Bonchev–Trinajstić information content (AvgIpc) is 3.02. The summed E-state index contributed by atoms with van der Waals surface area (Å²) in [4.78, 5) is 2.64. The van der Waals surface area contributed by atoms with Crippen LogP contribution in [-0.4, -0.2) is 31.1 Å². The smallest absolute Gasteiger partial charge is 0.0233 e. The van der Waals surface area contributed by atoms with Gasteiger partial charge in [-0.25, -0.2) is 0 Å². The lowest BCUT2D eigenvalue weighted by atomic mass is 9.86. The Hall–Kier alpha value is -0.570. The fourth-order valence-electron chi connectivity index (χ4n) is 3.82. The number of halogens is 1. The molecule has 2 fully saturated rings. The maximum absolute atomic E-state index is 3.54. The van der Waals surface area contributed by atoms with E-state index in [-0.39, 0.29) is 12.4 Å². The predicted octanol–water partition coefficient (Wildman–Crippen LogP) is 3.49. The highest BCUT2D eigenvalue weighted by molar-refractivity contribution is 5.85. The third-order valence-corrected chi connectivity index (χ3v) is 4.92. The largest absolute Gasteiger partial charge is 0.316 e. The van der Waals surface area contributed by atoms with Gasteiger partial charge in [0.2, 0.25) is 0 Å². The Labute approximate surface area is 135 Å². The van der Waals surface area contributed by atoms with Crippen molar-refractivity contribution in [2.45, 2.75) is 39.7 Å². The fraction of sp³-hybridized carbons (Fsp3) is 0.667. The first-order valence-electron chi connectivity index (χ1n) is 8.16. The normalized spacial score (nSPS) is 25.7. The summed E-state index contributed by atoms with van der Waals surface area (Å²) in [5.74, 6) is 0.745. The molecule has 1 spiro atoms. The molecule has 1 unspecified atom stereocenters. The van der Waals surface area contributed by atoms with Crippen LogP contribution in [0.1, 0.15) is 37.8 Å². The van der Waals surface area contributed by atoms with Crippen molar-refractivity contribution in [3.63, 3.8) is 0 Å². The van der Waals surface area contributed by atoms with Crippen LogP contribution < -0.4 is 5.32 Å². The summed E-state index contributed by atoms with van der Waals surface area (Å²) in [6.07, 6.45) is 3.95. The SMILES string of the molecule is CC(C)Cc1ccc(CN2CCC3(CCNC3)C2)cc1.Cl. The van der Waals surface area contributed by atoms with E-state index in [0.29, 0.717) is 5.41 Å². The second kappa shape index (κ2) is 7.13. The minimum absolute atomic E-state index is 0. The van der Waals surface area contributed by atoms with Gasteiger partial charge in [-0.05, 0) is 54.8 Å². The third kappa shape index (κ3) is 4.21. The number of likely N-dealkylation sites (tertiary alicyclic amines) is 1. The van der Waals surface area contributed by atoms with E-state index in [4.69, 9.17) is 0 Å². The zero-order valence-electron chi connectivity index (χ0n) is 13.4. The van der Waals surface area contributed by atoms with Crippen molar-refractivity contribution in [1.29, 1.82) is 0 Å². The van der Waals surface area contributed by atoms with E-state index < -0.39 is 0 Å². The number of nitrogens with one attached hydrogen (secondary N) is 1. The molecule has 2 aliphatic rings. The third-order valence-electron chi connectivity index (χ3n) is 4.92. The van der Waals surface area contributed by atoms with Gasteiger partial charge in [0, 0.05) is 19.6 Å². The zero-order valence-corrected chi connectivity index (χ0v) is 14.2. The molecule has 1 atom stereocenters. The summed E-state index contributed by atoms with van der Waals surface area (Å²) in [7, 11) is 0. The molecule has 0 aliphatic carbocycles. The van der Waals surface area contributed by atoms with Gasteiger partial charge in [-0.15, -0.1) is 12.4 Å². The molecule has 21 heavy (non-hydrogen) atoms. The first kappa shape index (κ1) is 16.8. The molecular formula is C18H29ClN2. The van der Waals surface area contributed by atoms with Gasteiger partial charge in [-0.3, -0.25) is 4.90 Å². The zero-order chi connectivity index (χ0) is 14.0. The van der Waals surface area contributed by atoms with Crippen LogP contribution in [0, 0.1) is 11.3 Å². The van der Waals surface area contributed by atoms with Crippen LogP contribution >= 0.6 is 12.4 Å². The van der Waals surface area contributed by atoms with Crippen molar-refractivity contribution in [3.8, 4) is 0 Å². The van der Waals surface area contributed by atoms with E-state index in [0.717, 1.165) is 12.5 Å². The van der Waals surface area contributed by atoms with Crippen LogP contribution in [0.3, 0.4) is 0 Å². The van der Waals surface area contributed by atoms with Crippen molar-refractivity contribution in [2.24, 2.45) is 11.3 Å². The molecule has 2 nitrogen and oxygen atoms in total. The Morgan fingerprint density at radius 1 is 1.14 bits per heavy atom. The van der Waals surface area contributed by atoms with Gasteiger partial charge >= 0.3 is 0 Å². The van der Waals surface area contributed by atoms with E-state index in [1.165, 1.54) is 56.6 Å². The maximum Gasteiger partial charge on any atom is 0.0233 e. The summed E-state index contributed by atoms with van der Waals surface area (Å²) < 4.78 is 0. The van der Waals surface area contributed by atoms with E-state index in [2.05, 4.69) is 48.3 Å². The van der Waals surface area contributed by atoms with Crippen molar-refractivity contribution < 1.29 is 0 Å². The molecule has 118 valence electrons. The topological polar surface area (TPSA) is 15.3 Å². The van der Waals surface area contributed by atoms with Crippen LogP contribution in [0.5, 0.6) is 0 Å². The van der Waals surface area contributed by atoms with Gasteiger partial charge in [-0.1, -0.05) is 38.1 Å². The lowest BCUT2D eigenvalue weighted by molar-refractivity contribution is 0.268. The molecule has 2 heterocycles. The molecule has 0 radical (unpaired) electrons. The van der Waals surface area contributed by atoms with E-state index in [1.54, 1.807) is 0 Å². The van der Waals surface area contributed by atoms with Gasteiger partial charge in [0.15, 0.2) is 0 Å². The Morgan fingerprint density at radius 3 is 2.48 bits per heavy atom. The van der Waals surface area contributed by atoms with Crippen LogP contribution in [0.2, 0.25) is 0 Å². The summed E-state index contributed by atoms with van der Waals surface area (Å²) >= 11 is 0. The number of benzene rings is 1. The molecule has 1 aromatic carbocycles. The second-order valence-corrected chi connectivity index (χ2v) is 7.30. The number of nitrogens with zero attached hydrogens (tertiary/aromatic N) is 1. The number of hydrogen-bond donors (Lipinski definition) is 1. The van der Waals surface area contributed by atoms with Crippen molar-refractivity contribution in [3.05, 3.63) is 35.4 Å². The Balaban J connectivity index is 0.00000161. The molecule has 0 saturated carbocycles. The van der Waals surface area contributed by atoms with Crippen LogP contribution in [0.25, 0.3) is 0 Å². The van der Waals surface area contributed by atoms with Crippen LogP contribution in [-0.2, 0) is 13.0 Å². The van der Waals surface area contributed by atoms with Crippen LogP contribution in [0.15, 0.2) is 24.3 Å². The summed E-state index contributed by atoms with van der Waals surface area (Å²) in [6, 6.07) is 9.29. The number of rotatable bonds is 4. The Morgan fingerprint density at radius 2 is 1.86 bits per heavy atom. The van der Waals surface area contributed by atoms with Crippen LogP contribution in [0.4, 0.5) is 0 Å². The molecule has 0 amide bonds. The van der Waals surface area contributed by atoms with Gasteiger partial charge < -0.3 is 5.32 Å². The van der Waals surface area contributed by atoms with Gasteiger partial charge in [0.05, 0.1) is 0 Å². The first-order chi connectivity index (χ1) is 9.65. The Kier molecular flexibility index (Phi) is 5.70. The molecule has 2 saturated heterocycles.